The highest BCUT2D eigenvalue weighted by Crippen LogP contribution is 2.31. The summed E-state index contributed by atoms with van der Waals surface area (Å²) < 4.78 is 11.4. The number of hydrogen-bond acceptors (Lipinski definition) is 5. The molecule has 0 spiro atoms. The molecule has 0 amide bonds. The molecule has 1 aliphatic rings. The van der Waals surface area contributed by atoms with Crippen molar-refractivity contribution < 1.29 is 9.26 Å². The smallest absolute Gasteiger partial charge is 0.266 e. The van der Waals surface area contributed by atoms with Gasteiger partial charge in [0.25, 0.3) is 5.95 Å². The van der Waals surface area contributed by atoms with Gasteiger partial charge in [-0.3, -0.25) is 0 Å². The summed E-state index contributed by atoms with van der Waals surface area (Å²) in [6, 6.07) is 0. The van der Waals surface area contributed by atoms with Crippen molar-refractivity contribution in [1.82, 2.24) is 10.1 Å². The lowest BCUT2D eigenvalue weighted by molar-refractivity contribution is -0.133. The Kier molecular flexibility index (Phi) is 3.16. The number of rotatable bonds is 1. The van der Waals surface area contributed by atoms with E-state index in [4.69, 9.17) is 9.26 Å². The maximum atomic E-state index is 6.06. The van der Waals surface area contributed by atoms with E-state index in [0.717, 1.165) is 13.1 Å². The predicted molar refractivity (Wildman–Crippen MR) is 74.5 cm³/mol. The minimum absolute atomic E-state index is 0.122. The van der Waals surface area contributed by atoms with Crippen LogP contribution in [0.1, 0.15) is 54.4 Å². The van der Waals surface area contributed by atoms with Gasteiger partial charge in [0.05, 0.1) is 11.2 Å². The molecule has 1 aromatic rings. The molecule has 1 saturated heterocycles. The molecule has 0 N–H and O–H groups in total. The largest absolute Gasteiger partial charge is 0.366 e. The molecule has 1 aliphatic heterocycles. The highest BCUT2D eigenvalue weighted by atomic mass is 16.5. The molecule has 0 saturated carbocycles. The summed E-state index contributed by atoms with van der Waals surface area (Å²) in [5, 5.41) is 4.12. The molecule has 1 aromatic heterocycles. The first-order valence-electron chi connectivity index (χ1n) is 6.78. The maximum Gasteiger partial charge on any atom is 0.266 e. The van der Waals surface area contributed by atoms with Crippen molar-refractivity contribution in [3.63, 3.8) is 0 Å². The number of nitrogens with zero attached hydrogens (tertiary/aromatic N) is 3. The molecular formula is C14H25N3O2. The van der Waals surface area contributed by atoms with Crippen LogP contribution in [0.4, 0.5) is 5.95 Å². The third-order valence-corrected chi connectivity index (χ3v) is 3.04. The van der Waals surface area contributed by atoms with Gasteiger partial charge in [0.15, 0.2) is 0 Å². The molecule has 0 bridgehead atoms. The van der Waals surface area contributed by atoms with E-state index in [1.54, 1.807) is 0 Å². The predicted octanol–water partition coefficient (Wildman–Crippen LogP) is 2.76. The minimum atomic E-state index is -0.218. The molecule has 0 atom stereocenters. The quantitative estimate of drug-likeness (QED) is 0.783. The molecule has 2 heterocycles. The van der Waals surface area contributed by atoms with E-state index in [0.29, 0.717) is 11.8 Å². The molecule has 0 unspecified atom stereocenters. The second kappa shape index (κ2) is 4.20. The van der Waals surface area contributed by atoms with Crippen molar-refractivity contribution in [2.45, 2.75) is 65.1 Å². The number of ether oxygens (including phenoxy) is 1. The summed E-state index contributed by atoms with van der Waals surface area (Å²) in [5.41, 5.74) is -0.558. The lowest BCUT2D eigenvalue weighted by Gasteiger charge is -2.46. The molecule has 1 fully saturated rings. The Balaban J connectivity index is 2.24. The fourth-order valence-electron chi connectivity index (χ4n) is 2.58. The zero-order valence-electron chi connectivity index (χ0n) is 13.1. The average Bonchev–Trinajstić information content (AvgIpc) is 2.59. The van der Waals surface area contributed by atoms with Crippen molar-refractivity contribution in [2.24, 2.45) is 0 Å². The average molecular weight is 267 g/mol. The molecule has 0 aromatic carbocycles. The SMILES string of the molecule is CC1(C)CN(c2noc(C(C)(C)C)n2)CC(C)(C)O1. The van der Waals surface area contributed by atoms with Gasteiger partial charge in [-0.05, 0) is 32.9 Å². The second-order valence-electron chi connectivity index (χ2n) is 7.63. The van der Waals surface area contributed by atoms with E-state index in [-0.39, 0.29) is 16.6 Å². The Hall–Kier alpha value is -1.10. The zero-order chi connectivity index (χ0) is 14.5. The van der Waals surface area contributed by atoms with Crippen molar-refractivity contribution in [1.29, 1.82) is 0 Å². The van der Waals surface area contributed by atoms with E-state index in [1.165, 1.54) is 0 Å². The third-order valence-electron chi connectivity index (χ3n) is 3.04. The van der Waals surface area contributed by atoms with Crippen LogP contribution in [0.25, 0.3) is 0 Å². The van der Waals surface area contributed by atoms with Crippen molar-refractivity contribution >= 4 is 5.95 Å². The summed E-state index contributed by atoms with van der Waals surface area (Å²) in [6.45, 7) is 16.1. The summed E-state index contributed by atoms with van der Waals surface area (Å²) >= 11 is 0. The minimum Gasteiger partial charge on any atom is -0.366 e. The van der Waals surface area contributed by atoms with Crippen LogP contribution in [-0.4, -0.2) is 34.4 Å². The molecule has 0 aliphatic carbocycles. The summed E-state index contributed by atoms with van der Waals surface area (Å²) in [5.74, 6) is 1.33. The molecular weight excluding hydrogens is 242 g/mol. The standard InChI is InChI=1S/C14H25N3O2/c1-12(2,3)10-15-11(16-18-10)17-8-13(4,5)19-14(6,7)9-17/h8-9H2,1-7H3. The van der Waals surface area contributed by atoms with Gasteiger partial charge in [-0.2, -0.15) is 4.98 Å². The van der Waals surface area contributed by atoms with Crippen LogP contribution in [0.2, 0.25) is 0 Å². The fourth-order valence-corrected chi connectivity index (χ4v) is 2.58. The first-order chi connectivity index (χ1) is 8.49. The van der Waals surface area contributed by atoms with E-state index in [9.17, 15) is 0 Å². The lowest BCUT2D eigenvalue weighted by Crippen LogP contribution is -2.57. The van der Waals surface area contributed by atoms with Gasteiger partial charge >= 0.3 is 0 Å². The van der Waals surface area contributed by atoms with E-state index < -0.39 is 0 Å². The van der Waals surface area contributed by atoms with Gasteiger partial charge in [-0.1, -0.05) is 20.8 Å². The molecule has 5 heteroatoms. The van der Waals surface area contributed by atoms with Gasteiger partial charge in [-0.15, -0.1) is 0 Å². The van der Waals surface area contributed by atoms with Gasteiger partial charge in [0.1, 0.15) is 0 Å². The summed E-state index contributed by atoms with van der Waals surface area (Å²) in [7, 11) is 0. The van der Waals surface area contributed by atoms with Crippen LogP contribution < -0.4 is 4.90 Å². The van der Waals surface area contributed by atoms with Crippen molar-refractivity contribution in [3.8, 4) is 0 Å². The van der Waals surface area contributed by atoms with Crippen LogP contribution >= 0.6 is 0 Å². The van der Waals surface area contributed by atoms with Gasteiger partial charge in [0.2, 0.25) is 5.89 Å². The van der Waals surface area contributed by atoms with Crippen LogP contribution in [-0.2, 0) is 10.2 Å². The maximum absolute atomic E-state index is 6.06. The van der Waals surface area contributed by atoms with E-state index >= 15 is 0 Å². The fraction of sp³-hybridized carbons (Fsp3) is 0.857. The molecule has 5 nitrogen and oxygen atoms in total. The first kappa shape index (κ1) is 14.3. The Morgan fingerprint density at radius 3 is 2.00 bits per heavy atom. The van der Waals surface area contributed by atoms with Gasteiger partial charge in [-0.25, -0.2) is 0 Å². The Morgan fingerprint density at radius 2 is 1.58 bits per heavy atom. The van der Waals surface area contributed by atoms with Gasteiger partial charge < -0.3 is 14.2 Å². The second-order valence-corrected chi connectivity index (χ2v) is 7.63. The van der Waals surface area contributed by atoms with Crippen LogP contribution in [0.15, 0.2) is 4.52 Å². The van der Waals surface area contributed by atoms with Crippen molar-refractivity contribution in [2.75, 3.05) is 18.0 Å². The van der Waals surface area contributed by atoms with Crippen molar-refractivity contribution in [3.05, 3.63) is 5.89 Å². The molecule has 108 valence electrons. The van der Waals surface area contributed by atoms with Gasteiger partial charge in [0, 0.05) is 18.5 Å². The monoisotopic (exact) mass is 267 g/mol. The topological polar surface area (TPSA) is 51.4 Å². The summed E-state index contributed by atoms with van der Waals surface area (Å²) in [4.78, 5) is 6.67. The Morgan fingerprint density at radius 1 is 1.05 bits per heavy atom. The Bertz CT molecular complexity index is 442. The van der Waals surface area contributed by atoms with Crippen LogP contribution in [0, 0.1) is 0 Å². The number of anilines is 1. The number of hydrogen-bond donors (Lipinski definition) is 0. The van der Waals surface area contributed by atoms with Crippen LogP contribution in [0.5, 0.6) is 0 Å². The number of morpholine rings is 1. The van der Waals surface area contributed by atoms with E-state index in [2.05, 4.69) is 63.5 Å². The molecule has 2 rings (SSSR count). The summed E-state index contributed by atoms with van der Waals surface area (Å²) in [6.07, 6.45) is 0. The lowest BCUT2D eigenvalue weighted by atomic mass is 9.97. The van der Waals surface area contributed by atoms with E-state index in [1.807, 2.05) is 0 Å². The third kappa shape index (κ3) is 3.26. The highest BCUT2D eigenvalue weighted by molar-refractivity contribution is 5.31. The first-order valence-corrected chi connectivity index (χ1v) is 6.78. The Labute approximate surface area is 115 Å². The normalized spacial score (nSPS) is 22.6. The molecule has 0 radical (unpaired) electrons. The highest BCUT2D eigenvalue weighted by Gasteiger charge is 2.40. The van der Waals surface area contributed by atoms with Crippen LogP contribution in [0.3, 0.4) is 0 Å². The molecule has 19 heavy (non-hydrogen) atoms. The number of aromatic nitrogens is 2. The zero-order valence-corrected chi connectivity index (χ0v) is 13.1.